The van der Waals surface area contributed by atoms with Gasteiger partial charge in [0.2, 0.25) is 6.29 Å². The minimum atomic E-state index is -0.442. The van der Waals surface area contributed by atoms with Crippen LogP contribution in [0.3, 0.4) is 0 Å². The first kappa shape index (κ1) is 16.5. The molecule has 0 saturated carbocycles. The van der Waals surface area contributed by atoms with Gasteiger partial charge in [0.1, 0.15) is 0 Å². The van der Waals surface area contributed by atoms with E-state index in [-0.39, 0.29) is 24.3 Å². The number of amides is 1. The first-order valence-corrected chi connectivity index (χ1v) is 9.06. The summed E-state index contributed by atoms with van der Waals surface area (Å²) in [7, 11) is 0. The van der Waals surface area contributed by atoms with Gasteiger partial charge in [-0.1, -0.05) is 6.07 Å². The molecule has 0 radical (unpaired) electrons. The van der Waals surface area contributed by atoms with E-state index in [1.807, 2.05) is 24.4 Å². The normalized spacial score (nSPS) is 26.6. The number of ether oxygens (including phenoxy) is 2. The fourth-order valence-corrected chi connectivity index (χ4v) is 3.85. The van der Waals surface area contributed by atoms with Gasteiger partial charge >= 0.3 is 0 Å². The number of nitrogens with zero attached hydrogens (tertiary/aromatic N) is 1. The number of carbonyl (C=O) groups is 1. The molecular formula is C17H23NO4S. The van der Waals surface area contributed by atoms with E-state index in [1.165, 1.54) is 4.88 Å². The van der Waals surface area contributed by atoms with Gasteiger partial charge in [-0.2, -0.15) is 0 Å². The van der Waals surface area contributed by atoms with Gasteiger partial charge in [-0.15, -0.1) is 11.3 Å². The average Bonchev–Trinajstić information content (AvgIpc) is 3.27. The molecule has 1 aromatic rings. The lowest BCUT2D eigenvalue weighted by Gasteiger charge is -2.36. The van der Waals surface area contributed by atoms with Gasteiger partial charge in [-0.25, -0.2) is 0 Å². The maximum atomic E-state index is 12.4. The lowest BCUT2D eigenvalue weighted by atomic mass is 9.84. The van der Waals surface area contributed by atoms with Crippen molar-refractivity contribution in [2.24, 2.45) is 5.92 Å². The standard InChI is InChI=1S/C17H23NO4S/c1-2-21-17-12(5-3-9-19)13(15-6-4-10-23-15)11-14(22-17)16(20)18-7-8-18/h4,6,10-13,17,19H,2-3,5,7-9H2,1H3/t12-,13-,17+/m0/s1. The number of allylic oxidation sites excluding steroid dienone is 1. The number of aliphatic hydroxyl groups is 1. The van der Waals surface area contributed by atoms with Crippen LogP contribution in [0, 0.1) is 5.92 Å². The quantitative estimate of drug-likeness (QED) is 0.776. The Kier molecular flexibility index (Phi) is 5.35. The van der Waals surface area contributed by atoms with E-state index in [1.54, 1.807) is 16.2 Å². The van der Waals surface area contributed by atoms with E-state index in [0.717, 1.165) is 19.5 Å². The van der Waals surface area contributed by atoms with Crippen molar-refractivity contribution in [2.45, 2.75) is 32.0 Å². The van der Waals surface area contributed by atoms with Crippen LogP contribution in [0.4, 0.5) is 0 Å². The van der Waals surface area contributed by atoms with Crippen LogP contribution in [0.5, 0.6) is 0 Å². The van der Waals surface area contributed by atoms with Crippen LogP contribution >= 0.6 is 11.3 Å². The van der Waals surface area contributed by atoms with Gasteiger partial charge in [0.15, 0.2) is 5.76 Å². The molecule has 126 valence electrons. The molecule has 5 nitrogen and oxygen atoms in total. The van der Waals surface area contributed by atoms with Crippen LogP contribution in [0.2, 0.25) is 0 Å². The summed E-state index contributed by atoms with van der Waals surface area (Å²) in [6.07, 6.45) is 3.00. The predicted octanol–water partition coefficient (Wildman–Crippen LogP) is 2.34. The van der Waals surface area contributed by atoms with E-state index in [2.05, 4.69) is 6.07 Å². The molecule has 2 aliphatic heterocycles. The predicted molar refractivity (Wildman–Crippen MR) is 88.0 cm³/mol. The molecule has 0 aromatic carbocycles. The summed E-state index contributed by atoms with van der Waals surface area (Å²) < 4.78 is 11.7. The Morgan fingerprint density at radius 3 is 2.96 bits per heavy atom. The van der Waals surface area contributed by atoms with Crippen molar-refractivity contribution in [2.75, 3.05) is 26.3 Å². The second-order valence-electron chi connectivity index (χ2n) is 5.84. The number of carbonyl (C=O) groups excluding carboxylic acids is 1. The zero-order valence-electron chi connectivity index (χ0n) is 13.3. The number of aliphatic hydroxyl groups excluding tert-OH is 1. The van der Waals surface area contributed by atoms with E-state index >= 15 is 0 Å². The molecule has 3 rings (SSSR count). The summed E-state index contributed by atoms with van der Waals surface area (Å²) in [6.45, 7) is 4.21. The first-order valence-electron chi connectivity index (χ1n) is 8.18. The third-order valence-electron chi connectivity index (χ3n) is 4.23. The van der Waals surface area contributed by atoms with Crippen LogP contribution in [0.25, 0.3) is 0 Å². The molecule has 3 atom stereocenters. The smallest absolute Gasteiger partial charge is 0.288 e. The lowest BCUT2D eigenvalue weighted by Crippen LogP contribution is -2.37. The van der Waals surface area contributed by atoms with Gasteiger partial charge in [0.25, 0.3) is 5.91 Å². The third kappa shape index (κ3) is 3.76. The maximum absolute atomic E-state index is 12.4. The highest BCUT2D eigenvalue weighted by Gasteiger charge is 2.40. The van der Waals surface area contributed by atoms with E-state index in [4.69, 9.17) is 9.47 Å². The summed E-state index contributed by atoms with van der Waals surface area (Å²) in [5.41, 5.74) is 0. The Balaban J connectivity index is 1.89. The topological polar surface area (TPSA) is 58.8 Å². The zero-order chi connectivity index (χ0) is 16.2. The summed E-state index contributed by atoms with van der Waals surface area (Å²) in [6, 6.07) is 4.11. The summed E-state index contributed by atoms with van der Waals surface area (Å²) >= 11 is 1.68. The van der Waals surface area contributed by atoms with Gasteiger partial charge in [-0.3, -0.25) is 4.79 Å². The Labute approximate surface area is 140 Å². The highest BCUT2D eigenvalue weighted by molar-refractivity contribution is 7.10. The molecule has 1 aromatic heterocycles. The third-order valence-corrected chi connectivity index (χ3v) is 5.20. The largest absolute Gasteiger partial charge is 0.459 e. The van der Waals surface area contributed by atoms with Crippen LogP contribution in [0.1, 0.15) is 30.6 Å². The van der Waals surface area contributed by atoms with Crippen LogP contribution < -0.4 is 0 Å². The minimum absolute atomic E-state index is 0.0446. The second kappa shape index (κ2) is 7.47. The lowest BCUT2D eigenvalue weighted by molar-refractivity contribution is -0.168. The van der Waals surface area contributed by atoms with Gasteiger partial charge < -0.3 is 19.5 Å². The summed E-state index contributed by atoms with van der Waals surface area (Å²) in [5, 5.41) is 11.2. The average molecular weight is 337 g/mol. The fraction of sp³-hybridized carbons (Fsp3) is 0.588. The Hall–Kier alpha value is -1.37. The second-order valence-corrected chi connectivity index (χ2v) is 6.81. The monoisotopic (exact) mass is 337 g/mol. The zero-order valence-corrected chi connectivity index (χ0v) is 14.1. The molecule has 1 amide bonds. The van der Waals surface area contributed by atoms with E-state index in [9.17, 15) is 9.90 Å². The van der Waals surface area contributed by atoms with Crippen molar-refractivity contribution >= 4 is 17.2 Å². The molecule has 2 aliphatic rings. The Morgan fingerprint density at radius 1 is 1.52 bits per heavy atom. The van der Waals surface area contributed by atoms with Crippen molar-refractivity contribution in [3.05, 3.63) is 34.2 Å². The van der Waals surface area contributed by atoms with Crippen LogP contribution in [0.15, 0.2) is 29.3 Å². The number of rotatable bonds is 7. The molecule has 1 fully saturated rings. The SMILES string of the molecule is CCO[C@@H]1OC(C(=O)N2CC2)=C[C@H](c2cccs2)[C@@H]1CCCO. The number of thiophene rings is 1. The molecule has 6 heteroatoms. The first-order chi connectivity index (χ1) is 11.2. The summed E-state index contributed by atoms with van der Waals surface area (Å²) in [5.74, 6) is 0.550. The van der Waals surface area contributed by atoms with Crippen LogP contribution in [-0.2, 0) is 14.3 Å². The fourth-order valence-electron chi connectivity index (χ4n) is 2.98. The molecule has 0 spiro atoms. The van der Waals surface area contributed by atoms with Crippen molar-refractivity contribution in [1.82, 2.24) is 4.90 Å². The van der Waals surface area contributed by atoms with Gasteiger partial charge in [-0.05, 0) is 37.3 Å². The molecule has 0 bridgehead atoms. The minimum Gasteiger partial charge on any atom is -0.459 e. The van der Waals surface area contributed by atoms with Crippen molar-refractivity contribution < 1.29 is 19.4 Å². The van der Waals surface area contributed by atoms with Crippen molar-refractivity contribution in [3.63, 3.8) is 0 Å². The highest BCUT2D eigenvalue weighted by Crippen LogP contribution is 2.41. The molecular weight excluding hydrogens is 314 g/mol. The molecule has 0 unspecified atom stereocenters. The van der Waals surface area contributed by atoms with E-state index in [0.29, 0.717) is 18.8 Å². The van der Waals surface area contributed by atoms with Gasteiger partial charge in [0.05, 0.1) is 0 Å². The van der Waals surface area contributed by atoms with Crippen molar-refractivity contribution in [1.29, 1.82) is 0 Å². The number of hydrogen-bond donors (Lipinski definition) is 1. The Morgan fingerprint density at radius 2 is 2.35 bits per heavy atom. The Bertz CT molecular complexity index is 553. The van der Waals surface area contributed by atoms with E-state index < -0.39 is 6.29 Å². The number of hydrogen-bond acceptors (Lipinski definition) is 5. The van der Waals surface area contributed by atoms with Gasteiger partial charge in [0, 0.05) is 43.0 Å². The highest BCUT2D eigenvalue weighted by atomic mass is 32.1. The molecule has 1 N–H and O–H groups in total. The molecule has 3 heterocycles. The summed E-state index contributed by atoms with van der Waals surface area (Å²) in [4.78, 5) is 15.4. The van der Waals surface area contributed by atoms with Crippen molar-refractivity contribution in [3.8, 4) is 0 Å². The maximum Gasteiger partial charge on any atom is 0.288 e. The molecule has 0 aliphatic carbocycles. The molecule has 23 heavy (non-hydrogen) atoms. The molecule has 1 saturated heterocycles. The van der Waals surface area contributed by atoms with Crippen LogP contribution in [-0.4, -0.2) is 48.5 Å².